The van der Waals surface area contributed by atoms with E-state index >= 15 is 0 Å². The highest BCUT2D eigenvalue weighted by Crippen LogP contribution is 2.42. The zero-order chi connectivity index (χ0) is 26.3. The van der Waals surface area contributed by atoms with E-state index in [-0.39, 0.29) is 11.8 Å². The number of anilines is 1. The number of fused-ring (bicyclic) bond motifs is 1. The molecule has 4 nitrogen and oxygen atoms in total. The smallest absolute Gasteiger partial charge is 0.265 e. The van der Waals surface area contributed by atoms with Gasteiger partial charge in [-0.05, 0) is 66.8 Å². The zero-order valence-corrected chi connectivity index (χ0v) is 22.2. The van der Waals surface area contributed by atoms with E-state index in [1.165, 1.54) is 22.9 Å². The van der Waals surface area contributed by atoms with Crippen LogP contribution in [0.3, 0.4) is 0 Å². The van der Waals surface area contributed by atoms with Crippen LogP contribution >= 0.6 is 11.8 Å². The molecule has 4 aromatic rings. The second-order valence-corrected chi connectivity index (χ2v) is 10.5. The Hall–Kier alpha value is -4.09. The van der Waals surface area contributed by atoms with E-state index < -0.39 is 0 Å². The molecule has 1 N–H and O–H groups in total. The number of nitrogens with zero attached hydrogens (tertiary/aromatic N) is 1. The Morgan fingerprint density at radius 3 is 2.39 bits per heavy atom. The SMILES string of the molecule is Cc1cccc(CN2C(=O)/C(=C\c3ccc(C(=O)NCCCc4ccccc4)cc3)Sc3ccccc32)c1. The molecule has 1 aliphatic rings. The van der Waals surface area contributed by atoms with Gasteiger partial charge in [0.05, 0.1) is 17.1 Å². The third-order valence-electron chi connectivity index (χ3n) is 6.50. The van der Waals surface area contributed by atoms with E-state index in [4.69, 9.17) is 0 Å². The lowest BCUT2D eigenvalue weighted by atomic mass is 10.1. The Morgan fingerprint density at radius 2 is 1.61 bits per heavy atom. The number of carbonyl (C=O) groups excluding carboxylic acids is 2. The van der Waals surface area contributed by atoms with Crippen LogP contribution in [0, 0.1) is 6.92 Å². The lowest BCUT2D eigenvalue weighted by molar-refractivity contribution is -0.114. The fourth-order valence-corrected chi connectivity index (χ4v) is 5.59. The first-order valence-electron chi connectivity index (χ1n) is 12.8. The van der Waals surface area contributed by atoms with E-state index in [9.17, 15) is 9.59 Å². The monoisotopic (exact) mass is 518 g/mol. The van der Waals surface area contributed by atoms with Gasteiger partial charge in [-0.3, -0.25) is 9.59 Å². The van der Waals surface area contributed by atoms with Crippen LogP contribution in [0.1, 0.15) is 39.0 Å². The van der Waals surface area contributed by atoms with Crippen LogP contribution in [0.4, 0.5) is 5.69 Å². The first kappa shape index (κ1) is 25.6. The Kier molecular flexibility index (Phi) is 8.05. The van der Waals surface area contributed by atoms with Crippen molar-refractivity contribution in [3.05, 3.63) is 136 Å². The number of aryl methyl sites for hydroxylation is 2. The Bertz CT molecular complexity index is 1460. The van der Waals surface area contributed by atoms with Gasteiger partial charge < -0.3 is 10.2 Å². The highest BCUT2D eigenvalue weighted by Gasteiger charge is 2.29. The average molecular weight is 519 g/mol. The highest BCUT2D eigenvalue weighted by molar-refractivity contribution is 8.04. The van der Waals surface area contributed by atoms with Crippen molar-refractivity contribution in [1.29, 1.82) is 0 Å². The quantitative estimate of drug-likeness (QED) is 0.201. The molecule has 0 saturated carbocycles. The van der Waals surface area contributed by atoms with Gasteiger partial charge in [-0.1, -0.05) is 96.2 Å². The largest absolute Gasteiger partial charge is 0.352 e. The molecule has 38 heavy (non-hydrogen) atoms. The number of hydrogen-bond donors (Lipinski definition) is 1. The summed E-state index contributed by atoms with van der Waals surface area (Å²) >= 11 is 1.49. The number of rotatable bonds is 8. The van der Waals surface area contributed by atoms with Crippen molar-refractivity contribution in [2.24, 2.45) is 0 Å². The molecular formula is C33H30N2O2S. The molecule has 0 bridgehead atoms. The number of benzene rings is 4. The maximum Gasteiger partial charge on any atom is 0.265 e. The first-order valence-corrected chi connectivity index (χ1v) is 13.7. The normalized spacial score (nSPS) is 13.9. The summed E-state index contributed by atoms with van der Waals surface area (Å²) < 4.78 is 0. The molecule has 1 aliphatic heterocycles. The Balaban J connectivity index is 1.26. The zero-order valence-electron chi connectivity index (χ0n) is 21.4. The number of hydrogen-bond acceptors (Lipinski definition) is 3. The van der Waals surface area contributed by atoms with E-state index in [0.29, 0.717) is 23.6 Å². The summed E-state index contributed by atoms with van der Waals surface area (Å²) in [4.78, 5) is 29.7. The minimum atomic E-state index is -0.0846. The van der Waals surface area contributed by atoms with Crippen LogP contribution in [-0.2, 0) is 17.8 Å². The minimum absolute atomic E-state index is 0.0181. The maximum absolute atomic E-state index is 13.6. The minimum Gasteiger partial charge on any atom is -0.352 e. The van der Waals surface area contributed by atoms with Gasteiger partial charge in [0.2, 0.25) is 0 Å². The summed E-state index contributed by atoms with van der Waals surface area (Å²) in [6.45, 7) is 3.20. The molecule has 0 aliphatic carbocycles. The van der Waals surface area contributed by atoms with Crippen molar-refractivity contribution >= 4 is 35.3 Å². The molecular weight excluding hydrogens is 488 g/mol. The second-order valence-electron chi connectivity index (χ2n) is 9.43. The van der Waals surface area contributed by atoms with Gasteiger partial charge in [0.15, 0.2) is 0 Å². The van der Waals surface area contributed by atoms with Crippen LogP contribution in [0.2, 0.25) is 0 Å². The van der Waals surface area contributed by atoms with Crippen LogP contribution < -0.4 is 10.2 Å². The van der Waals surface area contributed by atoms with E-state index in [1.807, 2.05) is 77.7 Å². The van der Waals surface area contributed by atoms with Gasteiger partial charge in [0.25, 0.3) is 11.8 Å². The maximum atomic E-state index is 13.6. The molecule has 0 atom stereocenters. The van der Waals surface area contributed by atoms with E-state index in [0.717, 1.165) is 34.6 Å². The Morgan fingerprint density at radius 1 is 0.868 bits per heavy atom. The molecule has 1 heterocycles. The topological polar surface area (TPSA) is 49.4 Å². The van der Waals surface area contributed by atoms with Gasteiger partial charge in [0.1, 0.15) is 0 Å². The van der Waals surface area contributed by atoms with Crippen LogP contribution in [0.5, 0.6) is 0 Å². The summed E-state index contributed by atoms with van der Waals surface area (Å²) in [7, 11) is 0. The third kappa shape index (κ3) is 6.24. The number of thioether (sulfide) groups is 1. The summed E-state index contributed by atoms with van der Waals surface area (Å²) in [6.07, 6.45) is 3.73. The van der Waals surface area contributed by atoms with Crippen LogP contribution in [0.25, 0.3) is 6.08 Å². The van der Waals surface area contributed by atoms with Crippen molar-refractivity contribution in [3.8, 4) is 0 Å². The second kappa shape index (κ2) is 12.0. The molecule has 0 saturated heterocycles. The fourth-order valence-electron chi connectivity index (χ4n) is 4.54. The predicted octanol–water partition coefficient (Wildman–Crippen LogP) is 7.04. The molecule has 0 spiro atoms. The number of nitrogens with one attached hydrogen (secondary N) is 1. The van der Waals surface area contributed by atoms with Crippen molar-refractivity contribution < 1.29 is 9.59 Å². The molecule has 5 rings (SSSR count). The number of amides is 2. The van der Waals surface area contributed by atoms with Crippen molar-refractivity contribution in [3.63, 3.8) is 0 Å². The lowest BCUT2D eigenvalue weighted by Gasteiger charge is -2.30. The van der Waals surface area contributed by atoms with Gasteiger partial charge in [-0.2, -0.15) is 0 Å². The number of para-hydroxylation sites is 1. The summed E-state index contributed by atoms with van der Waals surface area (Å²) in [6, 6.07) is 34.0. The lowest BCUT2D eigenvalue weighted by Crippen LogP contribution is -2.33. The van der Waals surface area contributed by atoms with Gasteiger partial charge in [0, 0.05) is 17.0 Å². The first-order chi connectivity index (χ1) is 18.6. The van der Waals surface area contributed by atoms with Crippen molar-refractivity contribution in [1.82, 2.24) is 5.32 Å². The highest BCUT2D eigenvalue weighted by atomic mass is 32.2. The van der Waals surface area contributed by atoms with E-state index in [2.05, 4.69) is 48.6 Å². The van der Waals surface area contributed by atoms with Gasteiger partial charge in [-0.15, -0.1) is 0 Å². The average Bonchev–Trinajstić information content (AvgIpc) is 2.94. The van der Waals surface area contributed by atoms with Crippen molar-refractivity contribution in [2.75, 3.05) is 11.4 Å². The van der Waals surface area contributed by atoms with Crippen molar-refractivity contribution in [2.45, 2.75) is 31.2 Å². The number of carbonyl (C=O) groups is 2. The molecule has 0 aromatic heterocycles. The summed E-state index contributed by atoms with van der Waals surface area (Å²) in [5, 5.41) is 3.00. The molecule has 190 valence electrons. The molecule has 0 fully saturated rings. The molecule has 4 aromatic carbocycles. The standard InChI is InChI=1S/C33H30N2O2S/c1-24-9-7-12-27(21-24)23-35-29-14-5-6-15-30(29)38-31(33(35)37)22-26-16-18-28(19-17-26)32(36)34-20-8-13-25-10-3-2-4-11-25/h2-7,9-12,14-19,21-22H,8,13,20,23H2,1H3,(H,34,36)/b31-22+. The molecule has 2 amide bonds. The fraction of sp³-hybridized carbons (Fsp3) is 0.152. The van der Waals surface area contributed by atoms with Crippen LogP contribution in [0.15, 0.2) is 113 Å². The Labute approximate surface area is 228 Å². The van der Waals surface area contributed by atoms with Gasteiger partial charge in [-0.25, -0.2) is 0 Å². The summed E-state index contributed by atoms with van der Waals surface area (Å²) in [5.74, 6) is -0.103. The molecule has 5 heteroatoms. The van der Waals surface area contributed by atoms with E-state index in [1.54, 1.807) is 0 Å². The van der Waals surface area contributed by atoms with Crippen LogP contribution in [-0.4, -0.2) is 18.4 Å². The molecule has 0 unspecified atom stereocenters. The molecule has 0 radical (unpaired) electrons. The van der Waals surface area contributed by atoms with Gasteiger partial charge >= 0.3 is 0 Å². The summed E-state index contributed by atoms with van der Waals surface area (Å²) in [5.41, 5.74) is 5.97. The third-order valence-corrected chi connectivity index (χ3v) is 7.57. The predicted molar refractivity (Wildman–Crippen MR) is 156 cm³/mol.